The molecular formula is C25H28N2O5S. The fourth-order valence-electron chi connectivity index (χ4n) is 3.21. The predicted molar refractivity (Wildman–Crippen MR) is 128 cm³/mol. The highest BCUT2D eigenvalue weighted by atomic mass is 32.2. The Morgan fingerprint density at radius 1 is 0.879 bits per heavy atom. The van der Waals surface area contributed by atoms with E-state index in [9.17, 15) is 13.2 Å². The van der Waals surface area contributed by atoms with Crippen molar-refractivity contribution >= 4 is 21.6 Å². The Labute approximate surface area is 194 Å². The minimum absolute atomic E-state index is 0.117. The fraction of sp³-hybridized carbons (Fsp3) is 0.240. The lowest BCUT2D eigenvalue weighted by atomic mass is 10.1. The van der Waals surface area contributed by atoms with Gasteiger partial charge in [0.15, 0.2) is 6.61 Å². The molecule has 2 N–H and O–H groups in total. The van der Waals surface area contributed by atoms with Crippen LogP contribution in [0.3, 0.4) is 0 Å². The highest BCUT2D eigenvalue weighted by molar-refractivity contribution is 7.92. The van der Waals surface area contributed by atoms with Gasteiger partial charge in [-0.1, -0.05) is 24.3 Å². The number of carbonyl (C=O) groups is 1. The Kier molecular flexibility index (Phi) is 7.60. The van der Waals surface area contributed by atoms with Gasteiger partial charge in [0.05, 0.1) is 12.0 Å². The van der Waals surface area contributed by atoms with E-state index in [1.165, 1.54) is 12.1 Å². The number of sulfonamides is 1. The molecular weight excluding hydrogens is 440 g/mol. The van der Waals surface area contributed by atoms with Crippen molar-refractivity contribution < 1.29 is 22.7 Å². The molecule has 0 aliphatic heterocycles. The van der Waals surface area contributed by atoms with Gasteiger partial charge in [0.2, 0.25) is 0 Å². The van der Waals surface area contributed by atoms with Crippen molar-refractivity contribution in [3.63, 3.8) is 0 Å². The third kappa shape index (κ3) is 6.26. The van der Waals surface area contributed by atoms with E-state index in [-0.39, 0.29) is 17.4 Å². The van der Waals surface area contributed by atoms with Crippen molar-refractivity contribution in [3.8, 4) is 11.5 Å². The number of hydrogen-bond acceptors (Lipinski definition) is 5. The summed E-state index contributed by atoms with van der Waals surface area (Å²) in [5, 5.41) is 2.78. The number of ether oxygens (including phenoxy) is 2. The first-order chi connectivity index (χ1) is 15.7. The zero-order valence-corrected chi connectivity index (χ0v) is 20.0. The maximum Gasteiger partial charge on any atom is 0.261 e. The standard InChI is InChI=1S/C25H28N2O5S/c1-17-9-10-21(13-18(17)2)27-33(29,30)22-11-12-23(19(3)14-22)32-16-25(28)26-15-20-7-5-6-8-24(20)31-4/h5-14,27H,15-16H2,1-4H3,(H,26,28). The quantitative estimate of drug-likeness (QED) is 0.493. The first-order valence-corrected chi connectivity index (χ1v) is 11.9. The van der Waals surface area contributed by atoms with E-state index in [0.29, 0.717) is 29.3 Å². The zero-order valence-electron chi connectivity index (χ0n) is 19.1. The molecule has 0 saturated carbocycles. The number of amides is 1. The number of aryl methyl sites for hydroxylation is 3. The van der Waals surface area contributed by atoms with Crippen LogP contribution in [0.2, 0.25) is 0 Å². The number of methoxy groups -OCH3 is 1. The SMILES string of the molecule is COc1ccccc1CNC(=O)COc1ccc(S(=O)(=O)Nc2ccc(C)c(C)c2)cc1C. The fourth-order valence-corrected chi connectivity index (χ4v) is 4.34. The second-order valence-corrected chi connectivity index (χ2v) is 9.39. The van der Waals surface area contributed by atoms with Gasteiger partial charge < -0.3 is 14.8 Å². The Morgan fingerprint density at radius 2 is 1.64 bits per heavy atom. The zero-order chi connectivity index (χ0) is 24.0. The third-order valence-electron chi connectivity index (χ3n) is 5.24. The Hall–Kier alpha value is -3.52. The van der Waals surface area contributed by atoms with Crippen molar-refractivity contribution in [2.45, 2.75) is 32.2 Å². The van der Waals surface area contributed by atoms with Gasteiger partial charge in [-0.3, -0.25) is 9.52 Å². The maximum atomic E-state index is 12.8. The van der Waals surface area contributed by atoms with E-state index in [0.717, 1.165) is 16.7 Å². The number of hydrogen-bond donors (Lipinski definition) is 2. The molecule has 7 nitrogen and oxygen atoms in total. The van der Waals surface area contributed by atoms with Crippen LogP contribution in [0.15, 0.2) is 65.6 Å². The average molecular weight is 469 g/mol. The van der Waals surface area contributed by atoms with Crippen LogP contribution < -0.4 is 19.5 Å². The molecule has 0 fully saturated rings. The van der Waals surface area contributed by atoms with Gasteiger partial charge in [-0.2, -0.15) is 0 Å². The van der Waals surface area contributed by atoms with Gasteiger partial charge in [-0.15, -0.1) is 0 Å². The lowest BCUT2D eigenvalue weighted by Gasteiger charge is -2.13. The van der Waals surface area contributed by atoms with Crippen LogP contribution >= 0.6 is 0 Å². The molecule has 0 spiro atoms. The summed E-state index contributed by atoms with van der Waals surface area (Å²) < 4.78 is 39.0. The van der Waals surface area contributed by atoms with Gasteiger partial charge in [0.25, 0.3) is 15.9 Å². The minimum Gasteiger partial charge on any atom is -0.496 e. The number of rotatable bonds is 9. The summed E-state index contributed by atoms with van der Waals surface area (Å²) in [5.41, 5.74) is 4.05. The molecule has 0 aromatic heterocycles. The van der Waals surface area contributed by atoms with E-state index in [1.807, 2.05) is 44.2 Å². The van der Waals surface area contributed by atoms with Crippen LogP contribution in [0.5, 0.6) is 11.5 Å². The van der Waals surface area contributed by atoms with Crippen LogP contribution in [0.4, 0.5) is 5.69 Å². The molecule has 1 amide bonds. The maximum absolute atomic E-state index is 12.8. The van der Waals surface area contributed by atoms with Gasteiger partial charge in [0.1, 0.15) is 11.5 Å². The van der Waals surface area contributed by atoms with Gasteiger partial charge in [-0.05, 0) is 73.9 Å². The molecule has 0 bridgehead atoms. The van der Waals surface area contributed by atoms with Crippen molar-refractivity contribution in [2.24, 2.45) is 0 Å². The molecule has 174 valence electrons. The van der Waals surface area contributed by atoms with Gasteiger partial charge in [0, 0.05) is 17.8 Å². The monoisotopic (exact) mass is 468 g/mol. The molecule has 0 aliphatic rings. The third-order valence-corrected chi connectivity index (χ3v) is 6.62. The molecule has 3 aromatic rings. The summed E-state index contributed by atoms with van der Waals surface area (Å²) in [5.74, 6) is 0.835. The van der Waals surface area contributed by atoms with E-state index in [1.54, 1.807) is 32.2 Å². The molecule has 8 heteroatoms. The normalized spacial score (nSPS) is 11.0. The van der Waals surface area contributed by atoms with Crippen LogP contribution in [0, 0.1) is 20.8 Å². The minimum atomic E-state index is -3.76. The number of benzene rings is 3. The first-order valence-electron chi connectivity index (χ1n) is 10.4. The number of nitrogens with one attached hydrogen (secondary N) is 2. The molecule has 3 rings (SSSR count). The second kappa shape index (κ2) is 10.4. The first kappa shape index (κ1) is 24.1. The topological polar surface area (TPSA) is 93.7 Å². The molecule has 0 atom stereocenters. The highest BCUT2D eigenvalue weighted by Crippen LogP contribution is 2.24. The van der Waals surface area contributed by atoms with Crippen LogP contribution in [0.25, 0.3) is 0 Å². The van der Waals surface area contributed by atoms with Crippen LogP contribution in [-0.2, 0) is 21.4 Å². The Bertz CT molecular complexity index is 1260. The largest absolute Gasteiger partial charge is 0.496 e. The molecule has 3 aromatic carbocycles. The van der Waals surface area contributed by atoms with Crippen molar-refractivity contribution in [1.82, 2.24) is 5.32 Å². The lowest BCUT2D eigenvalue weighted by Crippen LogP contribution is -2.28. The summed E-state index contributed by atoms with van der Waals surface area (Å²) >= 11 is 0. The molecule has 33 heavy (non-hydrogen) atoms. The Balaban J connectivity index is 1.60. The van der Waals surface area contributed by atoms with E-state index < -0.39 is 10.0 Å². The van der Waals surface area contributed by atoms with Crippen LogP contribution in [-0.4, -0.2) is 28.0 Å². The van der Waals surface area contributed by atoms with Crippen molar-refractivity contribution in [1.29, 1.82) is 0 Å². The summed E-state index contributed by atoms with van der Waals surface area (Å²) in [6.45, 7) is 5.75. The van der Waals surface area contributed by atoms with Gasteiger partial charge >= 0.3 is 0 Å². The van der Waals surface area contributed by atoms with Crippen molar-refractivity contribution in [2.75, 3.05) is 18.4 Å². The van der Waals surface area contributed by atoms with E-state index in [4.69, 9.17) is 9.47 Å². The molecule has 0 radical (unpaired) electrons. The van der Waals surface area contributed by atoms with E-state index in [2.05, 4.69) is 10.0 Å². The Morgan fingerprint density at radius 3 is 2.33 bits per heavy atom. The molecule has 0 saturated heterocycles. The number of anilines is 1. The number of para-hydroxylation sites is 1. The predicted octanol–water partition coefficient (Wildman–Crippen LogP) is 4.12. The lowest BCUT2D eigenvalue weighted by molar-refractivity contribution is -0.123. The van der Waals surface area contributed by atoms with Gasteiger partial charge in [-0.25, -0.2) is 8.42 Å². The highest BCUT2D eigenvalue weighted by Gasteiger charge is 2.16. The molecule has 0 aliphatic carbocycles. The summed E-state index contributed by atoms with van der Waals surface area (Å²) in [4.78, 5) is 12.3. The molecule has 0 heterocycles. The average Bonchev–Trinajstić information content (AvgIpc) is 2.79. The molecule has 0 unspecified atom stereocenters. The summed E-state index contributed by atoms with van der Waals surface area (Å²) in [6, 6.07) is 17.3. The van der Waals surface area contributed by atoms with Crippen LogP contribution in [0.1, 0.15) is 22.3 Å². The number of carbonyl (C=O) groups excluding carboxylic acids is 1. The van der Waals surface area contributed by atoms with Crippen molar-refractivity contribution in [3.05, 3.63) is 82.9 Å². The summed E-state index contributed by atoms with van der Waals surface area (Å²) in [6.07, 6.45) is 0. The smallest absolute Gasteiger partial charge is 0.261 e. The summed E-state index contributed by atoms with van der Waals surface area (Å²) in [7, 11) is -2.18. The second-order valence-electron chi connectivity index (χ2n) is 7.71. The van der Waals surface area contributed by atoms with E-state index >= 15 is 0 Å².